The highest BCUT2D eigenvalue weighted by atomic mass is 32.2. The molecule has 2 N–H and O–H groups in total. The molecule has 0 radical (unpaired) electrons. The van der Waals surface area contributed by atoms with Crippen molar-refractivity contribution in [2.24, 2.45) is 5.92 Å². The average Bonchev–Trinajstić information content (AvgIpc) is 2.43. The van der Waals surface area contributed by atoms with Crippen LogP contribution in [0.4, 0.5) is 5.69 Å². The van der Waals surface area contributed by atoms with E-state index >= 15 is 0 Å². The molecule has 5 nitrogen and oxygen atoms in total. The zero-order chi connectivity index (χ0) is 15.5. The normalized spacial score (nSPS) is 16.9. The smallest absolute Gasteiger partial charge is 0.235 e. The number of rotatable bonds is 5. The molecule has 0 aliphatic carbocycles. The highest BCUT2D eigenvalue weighted by Crippen LogP contribution is 2.28. The van der Waals surface area contributed by atoms with Crippen LogP contribution in [0.2, 0.25) is 0 Å². The van der Waals surface area contributed by atoms with Crippen molar-refractivity contribution >= 4 is 15.7 Å². The maximum absolute atomic E-state index is 12.7. The number of sulfonamides is 1. The van der Waals surface area contributed by atoms with Crippen molar-refractivity contribution in [3.63, 3.8) is 0 Å². The van der Waals surface area contributed by atoms with Crippen molar-refractivity contribution in [2.45, 2.75) is 26.7 Å². The minimum absolute atomic E-state index is 0.0890. The summed E-state index contributed by atoms with van der Waals surface area (Å²) in [6.07, 6.45) is 1.80. The zero-order valence-corrected chi connectivity index (χ0v) is 13.5. The molecule has 0 unspecified atom stereocenters. The van der Waals surface area contributed by atoms with Gasteiger partial charge in [0.15, 0.2) is 0 Å². The topological polar surface area (TPSA) is 69.6 Å². The number of hydrogen-bond donors (Lipinski definition) is 2. The maximum Gasteiger partial charge on any atom is 0.235 e. The molecule has 1 aromatic rings. The number of phenolic OH excluding ortho intramolecular Hbond substituents is 1. The minimum Gasteiger partial charge on any atom is -0.508 e. The molecule has 0 aromatic heterocycles. The first kappa shape index (κ1) is 16.1. The van der Waals surface area contributed by atoms with E-state index in [9.17, 15) is 13.5 Å². The molecule has 1 saturated heterocycles. The van der Waals surface area contributed by atoms with E-state index in [2.05, 4.69) is 5.32 Å². The van der Waals surface area contributed by atoms with Gasteiger partial charge in [0.1, 0.15) is 5.75 Å². The maximum atomic E-state index is 12.7. The van der Waals surface area contributed by atoms with E-state index in [1.54, 1.807) is 12.1 Å². The SMILES string of the molecule is CCN(c1cc(O)ccc1C)S(=O)(=O)CC1CCNCC1. The van der Waals surface area contributed by atoms with Gasteiger partial charge in [-0.25, -0.2) is 8.42 Å². The van der Waals surface area contributed by atoms with Gasteiger partial charge in [0.25, 0.3) is 0 Å². The molecule has 1 fully saturated rings. The molecule has 0 bridgehead atoms. The number of nitrogens with zero attached hydrogens (tertiary/aromatic N) is 1. The van der Waals surface area contributed by atoms with Gasteiger partial charge in [-0.2, -0.15) is 0 Å². The monoisotopic (exact) mass is 312 g/mol. The third-order valence-electron chi connectivity index (χ3n) is 3.99. The number of phenols is 1. The van der Waals surface area contributed by atoms with E-state index in [1.165, 1.54) is 10.4 Å². The Morgan fingerprint density at radius 1 is 1.33 bits per heavy atom. The van der Waals surface area contributed by atoms with Gasteiger partial charge in [-0.1, -0.05) is 6.07 Å². The number of aryl methyl sites for hydroxylation is 1. The molecule has 0 spiro atoms. The summed E-state index contributed by atoms with van der Waals surface area (Å²) in [5.41, 5.74) is 1.43. The summed E-state index contributed by atoms with van der Waals surface area (Å²) < 4.78 is 26.9. The fourth-order valence-corrected chi connectivity index (χ4v) is 4.82. The van der Waals surface area contributed by atoms with Gasteiger partial charge in [-0.15, -0.1) is 0 Å². The van der Waals surface area contributed by atoms with Gasteiger partial charge in [0, 0.05) is 12.6 Å². The van der Waals surface area contributed by atoms with E-state index in [0.29, 0.717) is 12.2 Å². The van der Waals surface area contributed by atoms with Crippen LogP contribution in [-0.2, 0) is 10.0 Å². The van der Waals surface area contributed by atoms with Crippen LogP contribution in [0.15, 0.2) is 18.2 Å². The van der Waals surface area contributed by atoms with E-state index in [0.717, 1.165) is 31.5 Å². The Morgan fingerprint density at radius 3 is 2.62 bits per heavy atom. The molecule has 0 atom stereocenters. The molecule has 118 valence electrons. The van der Waals surface area contributed by atoms with Crippen molar-refractivity contribution < 1.29 is 13.5 Å². The van der Waals surface area contributed by atoms with Crippen molar-refractivity contribution in [3.8, 4) is 5.75 Å². The molecule has 1 aromatic carbocycles. The lowest BCUT2D eigenvalue weighted by molar-refractivity contribution is 0.401. The largest absolute Gasteiger partial charge is 0.508 e. The number of benzene rings is 1. The summed E-state index contributed by atoms with van der Waals surface area (Å²) in [6, 6.07) is 4.85. The predicted octanol–water partition coefficient (Wildman–Crippen LogP) is 1.86. The molecule has 1 aliphatic rings. The molecular formula is C15H24N2O3S. The standard InChI is InChI=1S/C15H24N2O3S/c1-3-17(15-10-14(18)5-4-12(15)2)21(19,20)11-13-6-8-16-9-7-13/h4-5,10,13,16,18H,3,6-9,11H2,1-2H3. The second-order valence-corrected chi connectivity index (χ2v) is 7.55. The van der Waals surface area contributed by atoms with Crippen LogP contribution in [0.25, 0.3) is 0 Å². The zero-order valence-electron chi connectivity index (χ0n) is 12.7. The lowest BCUT2D eigenvalue weighted by Crippen LogP contribution is -2.38. The Kier molecular flexibility index (Phi) is 5.11. The number of piperidine rings is 1. The number of nitrogens with one attached hydrogen (secondary N) is 1. The molecule has 2 rings (SSSR count). The summed E-state index contributed by atoms with van der Waals surface area (Å²) in [7, 11) is -3.37. The molecule has 0 saturated carbocycles. The van der Waals surface area contributed by atoms with Gasteiger partial charge in [0.05, 0.1) is 11.4 Å². The molecule has 6 heteroatoms. The lowest BCUT2D eigenvalue weighted by Gasteiger charge is -2.28. The van der Waals surface area contributed by atoms with Gasteiger partial charge < -0.3 is 10.4 Å². The second-order valence-electron chi connectivity index (χ2n) is 5.61. The van der Waals surface area contributed by atoms with Gasteiger partial charge in [-0.3, -0.25) is 4.31 Å². The summed E-state index contributed by atoms with van der Waals surface area (Å²) >= 11 is 0. The molecule has 21 heavy (non-hydrogen) atoms. The number of anilines is 1. The van der Waals surface area contributed by atoms with E-state index in [4.69, 9.17) is 0 Å². The summed E-state index contributed by atoms with van der Waals surface area (Å²) in [5, 5.41) is 12.9. The van der Waals surface area contributed by atoms with Crippen molar-refractivity contribution in [1.82, 2.24) is 5.32 Å². The Labute approximate surface area is 127 Å². The molecular weight excluding hydrogens is 288 g/mol. The Bertz CT molecular complexity index is 581. The first-order valence-corrected chi connectivity index (χ1v) is 9.05. The average molecular weight is 312 g/mol. The highest BCUT2D eigenvalue weighted by molar-refractivity contribution is 7.92. The Morgan fingerprint density at radius 2 is 2.00 bits per heavy atom. The lowest BCUT2D eigenvalue weighted by atomic mass is 10.0. The third kappa shape index (κ3) is 3.89. The fraction of sp³-hybridized carbons (Fsp3) is 0.600. The quantitative estimate of drug-likeness (QED) is 0.870. The van der Waals surface area contributed by atoms with E-state index in [1.807, 2.05) is 13.8 Å². The van der Waals surface area contributed by atoms with Crippen LogP contribution in [0, 0.1) is 12.8 Å². The van der Waals surface area contributed by atoms with E-state index < -0.39 is 10.0 Å². The van der Waals surface area contributed by atoms with Crippen LogP contribution in [0.5, 0.6) is 5.75 Å². The van der Waals surface area contributed by atoms with Crippen molar-refractivity contribution in [1.29, 1.82) is 0 Å². The van der Waals surface area contributed by atoms with Crippen molar-refractivity contribution in [2.75, 3.05) is 29.7 Å². The van der Waals surface area contributed by atoms with Crippen LogP contribution < -0.4 is 9.62 Å². The second kappa shape index (κ2) is 6.66. The van der Waals surface area contributed by atoms with Crippen LogP contribution >= 0.6 is 0 Å². The van der Waals surface area contributed by atoms with Crippen molar-refractivity contribution in [3.05, 3.63) is 23.8 Å². The molecule has 1 aliphatic heterocycles. The van der Waals surface area contributed by atoms with Gasteiger partial charge in [0.2, 0.25) is 10.0 Å². The van der Waals surface area contributed by atoms with Gasteiger partial charge >= 0.3 is 0 Å². The minimum atomic E-state index is -3.37. The number of hydrogen-bond acceptors (Lipinski definition) is 4. The van der Waals surface area contributed by atoms with Crippen LogP contribution in [0.3, 0.4) is 0 Å². The molecule has 1 heterocycles. The van der Waals surface area contributed by atoms with Crippen LogP contribution in [-0.4, -0.2) is 38.9 Å². The first-order chi connectivity index (χ1) is 9.94. The molecule has 0 amide bonds. The summed E-state index contributed by atoms with van der Waals surface area (Å²) in [4.78, 5) is 0. The predicted molar refractivity (Wildman–Crippen MR) is 85.2 cm³/mol. The van der Waals surface area contributed by atoms with Gasteiger partial charge in [-0.05, 0) is 57.3 Å². The van der Waals surface area contributed by atoms with Crippen LogP contribution in [0.1, 0.15) is 25.3 Å². The Balaban J connectivity index is 2.24. The first-order valence-electron chi connectivity index (χ1n) is 7.45. The van der Waals surface area contributed by atoms with E-state index in [-0.39, 0.29) is 17.4 Å². The summed E-state index contributed by atoms with van der Waals surface area (Å²) in [5.74, 6) is 0.478. The number of aromatic hydroxyl groups is 1. The third-order valence-corrected chi connectivity index (χ3v) is 6.01. The Hall–Kier alpha value is -1.27. The fourth-order valence-electron chi connectivity index (χ4n) is 2.82. The summed E-state index contributed by atoms with van der Waals surface area (Å²) in [6.45, 7) is 5.83. The highest BCUT2D eigenvalue weighted by Gasteiger charge is 2.27.